The number of aryl methyl sites for hydroxylation is 1. The van der Waals surface area contributed by atoms with Crippen LogP contribution in [0.15, 0.2) is 58.5 Å². The number of rotatable bonds is 7. The molecular weight excluding hydrogens is 410 g/mol. The standard InChI is InChI=1S/C21H20ClN3O3S/c1-13-16(11-19(26)24-15-8-9-18(28-2)17(22)10-15)20(27)25-21(23-13)29-12-14-6-4-3-5-7-14/h3-10H,11-12H2,1-2H3,(H,24,26)(H,23,25,27). The van der Waals surface area contributed by atoms with Gasteiger partial charge in [-0.15, -0.1) is 0 Å². The number of H-pyrrole nitrogens is 1. The van der Waals surface area contributed by atoms with Crippen LogP contribution in [0.5, 0.6) is 5.75 Å². The summed E-state index contributed by atoms with van der Waals surface area (Å²) in [5.74, 6) is 0.887. The van der Waals surface area contributed by atoms with Crippen LogP contribution in [0, 0.1) is 6.92 Å². The summed E-state index contributed by atoms with van der Waals surface area (Å²) in [6.07, 6.45) is -0.0819. The van der Waals surface area contributed by atoms with E-state index in [4.69, 9.17) is 16.3 Å². The Morgan fingerprint density at radius 1 is 1.24 bits per heavy atom. The van der Waals surface area contributed by atoms with E-state index in [1.54, 1.807) is 25.1 Å². The molecule has 0 saturated heterocycles. The molecule has 3 aromatic rings. The first-order valence-corrected chi connectivity index (χ1v) is 10.2. The van der Waals surface area contributed by atoms with Crippen LogP contribution in [0.25, 0.3) is 0 Å². The van der Waals surface area contributed by atoms with Crippen LogP contribution in [-0.2, 0) is 17.0 Å². The number of carbonyl (C=O) groups excluding carboxylic acids is 1. The van der Waals surface area contributed by atoms with E-state index in [-0.39, 0.29) is 17.9 Å². The fourth-order valence-corrected chi connectivity index (χ4v) is 3.82. The third-order valence-electron chi connectivity index (χ3n) is 4.19. The predicted octanol–water partition coefficient (Wildman–Crippen LogP) is 4.21. The number of halogens is 1. The Balaban J connectivity index is 1.66. The van der Waals surface area contributed by atoms with Crippen molar-refractivity contribution >= 4 is 35.0 Å². The van der Waals surface area contributed by atoms with Crippen molar-refractivity contribution in [2.24, 2.45) is 0 Å². The van der Waals surface area contributed by atoms with Gasteiger partial charge in [0.25, 0.3) is 5.56 Å². The van der Waals surface area contributed by atoms with E-state index < -0.39 is 0 Å². The number of anilines is 1. The quantitative estimate of drug-likeness (QED) is 0.434. The van der Waals surface area contributed by atoms with E-state index in [9.17, 15) is 9.59 Å². The van der Waals surface area contributed by atoms with Crippen molar-refractivity contribution in [3.63, 3.8) is 0 Å². The largest absolute Gasteiger partial charge is 0.495 e. The van der Waals surface area contributed by atoms with Gasteiger partial charge in [-0.1, -0.05) is 53.7 Å². The van der Waals surface area contributed by atoms with Gasteiger partial charge in [0, 0.05) is 22.7 Å². The number of nitrogens with zero attached hydrogens (tertiary/aromatic N) is 1. The Bertz CT molecular complexity index is 1070. The second-order valence-corrected chi connectivity index (χ2v) is 7.65. The number of amides is 1. The summed E-state index contributed by atoms with van der Waals surface area (Å²) in [5, 5.41) is 3.65. The van der Waals surface area contributed by atoms with E-state index in [2.05, 4.69) is 15.3 Å². The molecule has 1 amide bonds. The van der Waals surface area contributed by atoms with Crippen molar-refractivity contribution < 1.29 is 9.53 Å². The number of aromatic amines is 1. The summed E-state index contributed by atoms with van der Waals surface area (Å²) in [7, 11) is 1.52. The van der Waals surface area contributed by atoms with Crippen LogP contribution in [0.3, 0.4) is 0 Å². The summed E-state index contributed by atoms with van der Waals surface area (Å²) in [5.41, 5.74) is 2.23. The highest BCUT2D eigenvalue weighted by atomic mass is 35.5. The van der Waals surface area contributed by atoms with E-state index in [1.807, 2.05) is 30.3 Å². The Kier molecular flexibility index (Phi) is 6.95. The summed E-state index contributed by atoms with van der Waals surface area (Å²) in [6.45, 7) is 1.73. The fraction of sp³-hybridized carbons (Fsp3) is 0.190. The molecule has 2 aromatic carbocycles. The molecule has 0 spiro atoms. The molecule has 0 bridgehead atoms. The van der Waals surface area contributed by atoms with Crippen LogP contribution in [0.4, 0.5) is 5.69 Å². The van der Waals surface area contributed by atoms with Crippen molar-refractivity contribution in [3.8, 4) is 5.75 Å². The number of carbonyl (C=O) groups is 1. The average Bonchev–Trinajstić information content (AvgIpc) is 2.70. The third-order valence-corrected chi connectivity index (χ3v) is 5.43. The zero-order valence-corrected chi connectivity index (χ0v) is 17.6. The molecule has 1 aromatic heterocycles. The fourth-order valence-electron chi connectivity index (χ4n) is 2.70. The molecule has 0 atom stereocenters. The third kappa shape index (κ3) is 5.62. The smallest absolute Gasteiger partial charge is 0.255 e. The number of hydrogen-bond acceptors (Lipinski definition) is 5. The first-order valence-electron chi connectivity index (χ1n) is 8.86. The predicted molar refractivity (Wildman–Crippen MR) is 116 cm³/mol. The second kappa shape index (κ2) is 9.62. The van der Waals surface area contributed by atoms with Gasteiger partial charge < -0.3 is 15.0 Å². The molecule has 1 heterocycles. The van der Waals surface area contributed by atoms with Crippen molar-refractivity contribution in [3.05, 3.63) is 80.7 Å². The number of benzene rings is 2. The molecule has 0 aliphatic rings. The zero-order valence-electron chi connectivity index (χ0n) is 16.0. The molecule has 8 heteroatoms. The molecule has 150 valence electrons. The van der Waals surface area contributed by atoms with E-state index in [0.29, 0.717) is 38.6 Å². The number of nitrogens with one attached hydrogen (secondary N) is 2. The highest BCUT2D eigenvalue weighted by molar-refractivity contribution is 7.98. The lowest BCUT2D eigenvalue weighted by molar-refractivity contribution is -0.115. The first kappa shape index (κ1) is 21.0. The van der Waals surface area contributed by atoms with Gasteiger partial charge in [-0.05, 0) is 30.7 Å². The van der Waals surface area contributed by atoms with Gasteiger partial charge in [0.1, 0.15) is 5.75 Å². The van der Waals surface area contributed by atoms with Gasteiger partial charge in [-0.25, -0.2) is 4.98 Å². The summed E-state index contributed by atoms with van der Waals surface area (Å²) >= 11 is 7.51. The summed E-state index contributed by atoms with van der Waals surface area (Å²) < 4.78 is 5.09. The lowest BCUT2D eigenvalue weighted by atomic mass is 10.1. The average molecular weight is 430 g/mol. The number of ether oxygens (including phenoxy) is 1. The Morgan fingerprint density at radius 3 is 2.66 bits per heavy atom. The number of thioether (sulfide) groups is 1. The van der Waals surface area contributed by atoms with Crippen molar-refractivity contribution in [1.82, 2.24) is 9.97 Å². The molecule has 0 unspecified atom stereocenters. The second-order valence-electron chi connectivity index (χ2n) is 6.28. The lowest BCUT2D eigenvalue weighted by Crippen LogP contribution is -2.23. The highest BCUT2D eigenvalue weighted by Crippen LogP contribution is 2.27. The molecule has 0 saturated carbocycles. The Hall–Kier alpha value is -2.77. The lowest BCUT2D eigenvalue weighted by Gasteiger charge is -2.09. The van der Waals surface area contributed by atoms with Crippen LogP contribution in [0.1, 0.15) is 16.8 Å². The molecule has 0 fully saturated rings. The van der Waals surface area contributed by atoms with Crippen LogP contribution in [0.2, 0.25) is 5.02 Å². The molecule has 2 N–H and O–H groups in total. The van der Waals surface area contributed by atoms with Gasteiger partial charge in [0.05, 0.1) is 18.6 Å². The van der Waals surface area contributed by atoms with Crippen LogP contribution >= 0.6 is 23.4 Å². The van der Waals surface area contributed by atoms with Crippen molar-refractivity contribution in [2.75, 3.05) is 12.4 Å². The van der Waals surface area contributed by atoms with Gasteiger partial charge in [-0.3, -0.25) is 9.59 Å². The summed E-state index contributed by atoms with van der Waals surface area (Å²) in [4.78, 5) is 32.0. The van der Waals surface area contributed by atoms with Crippen molar-refractivity contribution in [2.45, 2.75) is 24.3 Å². The van der Waals surface area contributed by atoms with Crippen molar-refractivity contribution in [1.29, 1.82) is 0 Å². The number of aromatic nitrogens is 2. The minimum Gasteiger partial charge on any atom is -0.495 e. The Labute approximate surface area is 177 Å². The monoisotopic (exact) mass is 429 g/mol. The normalized spacial score (nSPS) is 10.6. The van der Waals surface area contributed by atoms with Crippen LogP contribution < -0.4 is 15.6 Å². The van der Waals surface area contributed by atoms with Crippen LogP contribution in [-0.4, -0.2) is 23.0 Å². The molecule has 0 aliphatic heterocycles. The molecule has 6 nitrogen and oxygen atoms in total. The highest BCUT2D eigenvalue weighted by Gasteiger charge is 2.14. The number of methoxy groups -OCH3 is 1. The molecule has 0 radical (unpaired) electrons. The number of hydrogen-bond donors (Lipinski definition) is 2. The Morgan fingerprint density at radius 2 is 2.00 bits per heavy atom. The first-order chi connectivity index (χ1) is 14.0. The summed E-state index contributed by atoms with van der Waals surface area (Å²) in [6, 6.07) is 14.9. The molecular formula is C21H20ClN3O3S. The molecule has 3 rings (SSSR count). The molecule has 0 aliphatic carbocycles. The van der Waals surface area contributed by atoms with Gasteiger partial charge in [0.2, 0.25) is 5.91 Å². The van der Waals surface area contributed by atoms with E-state index in [1.165, 1.54) is 18.9 Å². The zero-order chi connectivity index (χ0) is 20.8. The molecule has 29 heavy (non-hydrogen) atoms. The van der Waals surface area contributed by atoms with Gasteiger partial charge in [0.15, 0.2) is 5.16 Å². The topological polar surface area (TPSA) is 84.1 Å². The maximum Gasteiger partial charge on any atom is 0.255 e. The van der Waals surface area contributed by atoms with E-state index in [0.717, 1.165) is 5.56 Å². The van der Waals surface area contributed by atoms with E-state index >= 15 is 0 Å². The SMILES string of the molecule is COc1ccc(NC(=O)Cc2c(C)nc(SCc3ccccc3)[nH]c2=O)cc1Cl. The maximum atomic E-state index is 12.5. The minimum atomic E-state index is -0.327. The van der Waals surface area contributed by atoms with Gasteiger partial charge >= 0.3 is 0 Å². The maximum absolute atomic E-state index is 12.5. The van der Waals surface area contributed by atoms with Gasteiger partial charge in [-0.2, -0.15) is 0 Å². The minimum absolute atomic E-state index is 0.0819.